The Morgan fingerprint density at radius 2 is 1.62 bits per heavy atom. The molecule has 2 fully saturated rings. The fourth-order valence-electron chi connectivity index (χ4n) is 4.93. The van der Waals surface area contributed by atoms with Crippen molar-refractivity contribution in [3.8, 4) is 16.9 Å². The first kappa shape index (κ1) is 24.7. The monoisotopic (exact) mass is 468 g/mol. The number of carbonyl (C=O) groups is 1. The number of aliphatic hydroxyl groups excluding tert-OH is 1. The molecule has 1 atom stereocenters. The van der Waals surface area contributed by atoms with Crippen LogP contribution in [0, 0.1) is 5.92 Å². The summed E-state index contributed by atoms with van der Waals surface area (Å²) in [6.07, 6.45) is 3.27. The lowest BCUT2D eigenvalue weighted by Crippen LogP contribution is -2.42. The lowest BCUT2D eigenvalue weighted by molar-refractivity contribution is 0.0474. The van der Waals surface area contributed by atoms with E-state index in [4.69, 9.17) is 4.74 Å². The fourth-order valence-corrected chi connectivity index (χ4v) is 4.93. The number of likely N-dealkylation sites (tertiary alicyclic amines) is 2. The largest absolute Gasteiger partial charge is 0.493 e. The summed E-state index contributed by atoms with van der Waals surface area (Å²) in [5.41, 5.74) is 1.63. The second kappa shape index (κ2) is 10.9. The zero-order chi connectivity index (χ0) is 24.1. The van der Waals surface area contributed by atoms with Crippen molar-refractivity contribution in [3.63, 3.8) is 0 Å². The third-order valence-corrected chi connectivity index (χ3v) is 6.80. The van der Waals surface area contributed by atoms with E-state index in [0.717, 1.165) is 55.6 Å². The molecule has 0 aliphatic carbocycles. The van der Waals surface area contributed by atoms with Gasteiger partial charge in [-0.3, -0.25) is 4.79 Å². The number of nitrogens with zero attached hydrogens (tertiary/aromatic N) is 2. The van der Waals surface area contributed by atoms with Crippen LogP contribution in [0.1, 0.15) is 49.9 Å². The quantitative estimate of drug-likeness (QED) is 0.635. The SMILES string of the molecule is CC(C)(F)CN1CCC(COc2ccc(-c3ccc(C(=O)N4CCCC(O)C4)cc3)cc2)CC1. The predicted molar refractivity (Wildman–Crippen MR) is 133 cm³/mol. The van der Waals surface area contributed by atoms with Gasteiger partial charge in [0.1, 0.15) is 11.4 Å². The number of rotatable bonds is 7. The van der Waals surface area contributed by atoms with E-state index >= 15 is 0 Å². The molecule has 0 radical (unpaired) electrons. The van der Waals surface area contributed by atoms with Crippen LogP contribution in [0.2, 0.25) is 0 Å². The average Bonchev–Trinajstić information content (AvgIpc) is 2.83. The van der Waals surface area contributed by atoms with Crippen molar-refractivity contribution in [1.29, 1.82) is 0 Å². The first-order valence-corrected chi connectivity index (χ1v) is 12.5. The van der Waals surface area contributed by atoms with Crippen LogP contribution in [0.15, 0.2) is 48.5 Å². The number of benzene rings is 2. The van der Waals surface area contributed by atoms with Crippen molar-refractivity contribution < 1.29 is 19.0 Å². The lowest BCUT2D eigenvalue weighted by Gasteiger charge is -2.34. The van der Waals surface area contributed by atoms with E-state index in [0.29, 0.717) is 37.7 Å². The highest BCUT2D eigenvalue weighted by Gasteiger charge is 2.26. The molecule has 4 rings (SSSR count). The summed E-state index contributed by atoms with van der Waals surface area (Å²) in [5.74, 6) is 1.34. The highest BCUT2D eigenvalue weighted by Crippen LogP contribution is 2.25. The number of alkyl halides is 1. The molecule has 0 saturated carbocycles. The van der Waals surface area contributed by atoms with Gasteiger partial charge in [-0.2, -0.15) is 0 Å². The maximum atomic E-state index is 13.8. The molecule has 6 heteroatoms. The average molecular weight is 469 g/mol. The van der Waals surface area contributed by atoms with E-state index in [1.54, 1.807) is 18.7 Å². The van der Waals surface area contributed by atoms with Crippen LogP contribution in [0.5, 0.6) is 5.75 Å². The van der Waals surface area contributed by atoms with Gasteiger partial charge >= 0.3 is 0 Å². The number of ether oxygens (including phenoxy) is 1. The molecule has 34 heavy (non-hydrogen) atoms. The summed E-state index contributed by atoms with van der Waals surface area (Å²) in [7, 11) is 0. The zero-order valence-electron chi connectivity index (χ0n) is 20.4. The Kier molecular flexibility index (Phi) is 7.89. The number of aliphatic hydroxyl groups is 1. The highest BCUT2D eigenvalue weighted by molar-refractivity contribution is 5.94. The summed E-state index contributed by atoms with van der Waals surface area (Å²) in [4.78, 5) is 16.6. The Balaban J connectivity index is 1.26. The smallest absolute Gasteiger partial charge is 0.253 e. The minimum atomic E-state index is -1.14. The topological polar surface area (TPSA) is 53.0 Å². The molecule has 0 spiro atoms. The summed E-state index contributed by atoms with van der Waals surface area (Å²) in [5, 5.41) is 9.83. The summed E-state index contributed by atoms with van der Waals surface area (Å²) in [6, 6.07) is 15.7. The van der Waals surface area contributed by atoms with Gasteiger partial charge in [-0.25, -0.2) is 4.39 Å². The van der Waals surface area contributed by atoms with Crippen molar-refractivity contribution in [1.82, 2.24) is 9.80 Å². The number of carbonyl (C=O) groups excluding carboxylic acids is 1. The molecule has 1 amide bonds. The van der Waals surface area contributed by atoms with Gasteiger partial charge in [0.25, 0.3) is 5.91 Å². The fraction of sp³-hybridized carbons (Fsp3) is 0.536. The van der Waals surface area contributed by atoms with Gasteiger partial charge in [0.15, 0.2) is 0 Å². The molecule has 2 heterocycles. The molecule has 2 aliphatic rings. The van der Waals surface area contributed by atoms with E-state index in [2.05, 4.69) is 4.90 Å². The van der Waals surface area contributed by atoms with Gasteiger partial charge in [0, 0.05) is 25.2 Å². The van der Waals surface area contributed by atoms with Gasteiger partial charge in [0.2, 0.25) is 0 Å². The number of piperidine rings is 2. The van der Waals surface area contributed by atoms with Crippen LogP contribution in [-0.4, -0.2) is 71.9 Å². The molecule has 184 valence electrons. The molecule has 2 aromatic carbocycles. The van der Waals surface area contributed by atoms with E-state index in [-0.39, 0.29) is 5.91 Å². The van der Waals surface area contributed by atoms with Crippen molar-refractivity contribution in [2.45, 2.75) is 51.3 Å². The summed E-state index contributed by atoms with van der Waals surface area (Å²) >= 11 is 0. The molecule has 2 saturated heterocycles. The van der Waals surface area contributed by atoms with E-state index in [9.17, 15) is 14.3 Å². The van der Waals surface area contributed by atoms with Crippen LogP contribution in [0.4, 0.5) is 4.39 Å². The van der Waals surface area contributed by atoms with Gasteiger partial charge in [-0.15, -0.1) is 0 Å². The molecule has 1 unspecified atom stereocenters. The third kappa shape index (κ3) is 6.80. The van der Waals surface area contributed by atoms with Crippen LogP contribution in [-0.2, 0) is 0 Å². The standard InChI is InChI=1S/C28H37FN2O3/c1-28(2,29)20-30-16-13-21(14-17-30)19-34-26-11-9-23(10-12-26)22-5-7-24(8-6-22)27(33)31-15-3-4-25(32)18-31/h5-12,21,25,32H,3-4,13-20H2,1-2H3. The molecular weight excluding hydrogens is 431 g/mol. The molecule has 2 aliphatic heterocycles. The van der Waals surface area contributed by atoms with Gasteiger partial charge in [-0.05, 0) is 93.9 Å². The third-order valence-electron chi connectivity index (χ3n) is 6.80. The minimum Gasteiger partial charge on any atom is -0.493 e. The van der Waals surface area contributed by atoms with Gasteiger partial charge in [0.05, 0.1) is 12.7 Å². The molecule has 0 bridgehead atoms. The Morgan fingerprint density at radius 3 is 2.21 bits per heavy atom. The first-order valence-electron chi connectivity index (χ1n) is 12.5. The number of hydrogen-bond acceptors (Lipinski definition) is 4. The van der Waals surface area contributed by atoms with Crippen molar-refractivity contribution >= 4 is 5.91 Å². The molecule has 0 aromatic heterocycles. The Bertz CT molecular complexity index is 932. The van der Waals surface area contributed by atoms with E-state index < -0.39 is 11.8 Å². The summed E-state index contributed by atoms with van der Waals surface area (Å²) < 4.78 is 19.9. The number of amides is 1. The van der Waals surface area contributed by atoms with Crippen LogP contribution >= 0.6 is 0 Å². The highest BCUT2D eigenvalue weighted by atomic mass is 19.1. The van der Waals surface area contributed by atoms with Gasteiger partial charge in [-0.1, -0.05) is 24.3 Å². The summed E-state index contributed by atoms with van der Waals surface area (Å²) in [6.45, 7) is 7.44. The molecule has 5 nitrogen and oxygen atoms in total. The van der Waals surface area contributed by atoms with Crippen molar-refractivity contribution in [2.75, 3.05) is 39.3 Å². The number of halogens is 1. The maximum absolute atomic E-state index is 13.8. The lowest BCUT2D eigenvalue weighted by atomic mass is 9.97. The van der Waals surface area contributed by atoms with Gasteiger partial charge < -0.3 is 19.6 Å². The number of hydrogen-bond donors (Lipinski definition) is 1. The predicted octanol–water partition coefficient (Wildman–Crippen LogP) is 4.79. The maximum Gasteiger partial charge on any atom is 0.253 e. The van der Waals surface area contributed by atoms with Crippen LogP contribution < -0.4 is 4.74 Å². The minimum absolute atomic E-state index is 0.0201. The second-order valence-corrected chi connectivity index (χ2v) is 10.4. The first-order chi connectivity index (χ1) is 16.3. The van der Waals surface area contributed by atoms with Crippen molar-refractivity contribution in [2.24, 2.45) is 5.92 Å². The van der Waals surface area contributed by atoms with Crippen LogP contribution in [0.3, 0.4) is 0 Å². The van der Waals surface area contributed by atoms with E-state index in [1.165, 1.54) is 0 Å². The Morgan fingerprint density at radius 1 is 1.00 bits per heavy atom. The molecule has 2 aromatic rings. The van der Waals surface area contributed by atoms with E-state index in [1.807, 2.05) is 48.5 Å². The molecule has 1 N–H and O–H groups in total. The zero-order valence-corrected chi connectivity index (χ0v) is 20.4. The molecular formula is C28H37FN2O3. The Hall–Kier alpha value is -2.44. The van der Waals surface area contributed by atoms with Crippen molar-refractivity contribution in [3.05, 3.63) is 54.1 Å². The second-order valence-electron chi connectivity index (χ2n) is 10.4. The number of β-amino-alcohol motifs (C(OH)–C–C–N with tert-alkyl or cyclic N) is 1. The Labute approximate surface area is 202 Å². The van der Waals surface area contributed by atoms with Crippen LogP contribution in [0.25, 0.3) is 11.1 Å². The normalized spacial score (nSPS) is 20.4.